The first-order valence-corrected chi connectivity index (χ1v) is 10.9. The highest BCUT2D eigenvalue weighted by Crippen LogP contribution is 2.26. The van der Waals surface area contributed by atoms with Gasteiger partial charge in [0.1, 0.15) is 10.6 Å². The van der Waals surface area contributed by atoms with E-state index in [1.54, 1.807) is 0 Å². The Labute approximate surface area is 143 Å². The molecule has 0 unspecified atom stereocenters. The Morgan fingerprint density at radius 1 is 1.21 bits per heavy atom. The van der Waals surface area contributed by atoms with Gasteiger partial charge in [-0.1, -0.05) is 0 Å². The lowest BCUT2D eigenvalue weighted by atomic mass is 10.3. The average molecular weight is 377 g/mol. The van der Waals surface area contributed by atoms with Gasteiger partial charge in [-0.25, -0.2) is 21.6 Å². The average Bonchev–Trinajstić information content (AvgIpc) is 2.54. The van der Waals surface area contributed by atoms with E-state index in [4.69, 9.17) is 4.74 Å². The van der Waals surface area contributed by atoms with Gasteiger partial charge in [0.05, 0.1) is 12.0 Å². The zero-order valence-corrected chi connectivity index (χ0v) is 15.4. The third-order valence-electron chi connectivity index (χ3n) is 3.78. The molecule has 2 rings (SSSR count). The van der Waals surface area contributed by atoms with E-state index in [1.807, 2.05) is 0 Å². The molecule has 0 atom stereocenters. The second-order valence-electron chi connectivity index (χ2n) is 5.57. The number of hydrogen-bond acceptors (Lipinski definition) is 7. The first-order valence-electron chi connectivity index (χ1n) is 7.55. The molecule has 8 nitrogen and oxygen atoms in total. The van der Waals surface area contributed by atoms with Crippen LogP contribution < -0.4 is 14.8 Å². The molecule has 1 fully saturated rings. The lowest BCUT2D eigenvalue weighted by molar-refractivity contribution is 0.245. The highest BCUT2D eigenvalue weighted by Gasteiger charge is 2.22. The van der Waals surface area contributed by atoms with Crippen LogP contribution in [0, 0.1) is 0 Å². The summed E-state index contributed by atoms with van der Waals surface area (Å²) in [5, 5.41) is 3.23. The molecular weight excluding hydrogens is 354 g/mol. The van der Waals surface area contributed by atoms with E-state index < -0.39 is 19.9 Å². The molecule has 0 radical (unpaired) electrons. The van der Waals surface area contributed by atoms with Crippen molar-refractivity contribution in [3.63, 3.8) is 0 Å². The molecule has 1 aliphatic rings. The topological polar surface area (TPSA) is 105 Å². The number of nitrogens with one attached hydrogen (secondary N) is 2. The molecule has 0 saturated carbocycles. The number of benzene rings is 1. The molecule has 1 heterocycles. The van der Waals surface area contributed by atoms with E-state index in [2.05, 4.69) is 14.9 Å². The first kappa shape index (κ1) is 19.1. The predicted molar refractivity (Wildman–Crippen MR) is 90.6 cm³/mol. The van der Waals surface area contributed by atoms with E-state index in [-0.39, 0.29) is 22.1 Å². The van der Waals surface area contributed by atoms with Crippen LogP contribution in [0.3, 0.4) is 0 Å². The summed E-state index contributed by atoms with van der Waals surface area (Å²) >= 11 is 0. The van der Waals surface area contributed by atoms with Crippen LogP contribution in [-0.4, -0.2) is 74.4 Å². The van der Waals surface area contributed by atoms with E-state index in [0.717, 1.165) is 38.5 Å². The lowest BCUT2D eigenvalue weighted by Crippen LogP contribution is -2.46. The minimum absolute atomic E-state index is 0.0641. The van der Waals surface area contributed by atoms with Gasteiger partial charge in [-0.3, -0.25) is 4.90 Å². The predicted octanol–water partition coefficient (Wildman–Crippen LogP) is -0.718. The second-order valence-corrected chi connectivity index (χ2v) is 9.33. The van der Waals surface area contributed by atoms with E-state index in [0.29, 0.717) is 6.54 Å². The van der Waals surface area contributed by atoms with Crippen LogP contribution in [-0.2, 0) is 19.9 Å². The summed E-state index contributed by atoms with van der Waals surface area (Å²) in [5.41, 5.74) is 0. The Balaban J connectivity index is 2.14. The third kappa shape index (κ3) is 4.90. The van der Waals surface area contributed by atoms with Gasteiger partial charge < -0.3 is 10.1 Å². The SMILES string of the molecule is COc1ccc(S(C)(=O)=O)cc1S(=O)(=O)NCCN1CCNCC1. The minimum atomic E-state index is -3.87. The van der Waals surface area contributed by atoms with E-state index >= 15 is 0 Å². The molecule has 136 valence electrons. The third-order valence-corrected chi connectivity index (χ3v) is 6.37. The fraction of sp³-hybridized carbons (Fsp3) is 0.571. The molecule has 0 spiro atoms. The van der Waals surface area contributed by atoms with Crippen molar-refractivity contribution in [3.8, 4) is 5.75 Å². The van der Waals surface area contributed by atoms with Gasteiger partial charge in [-0.15, -0.1) is 0 Å². The van der Waals surface area contributed by atoms with Crippen LogP contribution in [0.4, 0.5) is 0 Å². The summed E-state index contributed by atoms with van der Waals surface area (Å²) in [7, 11) is -6.04. The van der Waals surface area contributed by atoms with Crippen LogP contribution in [0.15, 0.2) is 28.0 Å². The van der Waals surface area contributed by atoms with Crippen molar-refractivity contribution in [1.29, 1.82) is 0 Å². The molecule has 1 aromatic carbocycles. The fourth-order valence-electron chi connectivity index (χ4n) is 2.45. The largest absolute Gasteiger partial charge is 0.495 e. The molecule has 2 N–H and O–H groups in total. The van der Waals surface area contributed by atoms with Crippen LogP contribution >= 0.6 is 0 Å². The number of sulfone groups is 1. The van der Waals surface area contributed by atoms with Crippen molar-refractivity contribution in [3.05, 3.63) is 18.2 Å². The lowest BCUT2D eigenvalue weighted by Gasteiger charge is -2.27. The Bertz CT molecular complexity index is 772. The molecule has 0 aliphatic carbocycles. The number of methoxy groups -OCH3 is 1. The molecule has 0 bridgehead atoms. The van der Waals surface area contributed by atoms with Gasteiger partial charge in [0.25, 0.3) is 0 Å². The van der Waals surface area contributed by atoms with Crippen molar-refractivity contribution in [1.82, 2.24) is 14.9 Å². The van der Waals surface area contributed by atoms with E-state index in [9.17, 15) is 16.8 Å². The van der Waals surface area contributed by atoms with Gasteiger partial charge in [0.15, 0.2) is 9.84 Å². The van der Waals surface area contributed by atoms with Crippen molar-refractivity contribution >= 4 is 19.9 Å². The normalized spacial score (nSPS) is 16.9. The van der Waals surface area contributed by atoms with Crippen LogP contribution in [0.5, 0.6) is 5.75 Å². The van der Waals surface area contributed by atoms with Crippen molar-refractivity contribution < 1.29 is 21.6 Å². The quantitative estimate of drug-likeness (QED) is 0.646. The zero-order valence-electron chi connectivity index (χ0n) is 13.8. The van der Waals surface area contributed by atoms with Gasteiger partial charge in [-0.05, 0) is 18.2 Å². The van der Waals surface area contributed by atoms with Crippen molar-refractivity contribution in [2.24, 2.45) is 0 Å². The molecule has 1 aliphatic heterocycles. The fourth-order valence-corrected chi connectivity index (χ4v) is 4.38. The monoisotopic (exact) mass is 377 g/mol. The number of ether oxygens (including phenoxy) is 1. The summed E-state index contributed by atoms with van der Waals surface area (Å²) in [6.07, 6.45) is 1.03. The van der Waals surface area contributed by atoms with Crippen molar-refractivity contribution in [2.45, 2.75) is 9.79 Å². The maximum absolute atomic E-state index is 12.5. The Kier molecular flexibility index (Phi) is 6.21. The van der Waals surface area contributed by atoms with Crippen LogP contribution in [0.25, 0.3) is 0 Å². The maximum Gasteiger partial charge on any atom is 0.244 e. The summed E-state index contributed by atoms with van der Waals surface area (Å²) in [6, 6.07) is 3.80. The molecule has 1 aromatic rings. The van der Waals surface area contributed by atoms with Crippen molar-refractivity contribution in [2.75, 3.05) is 52.6 Å². The maximum atomic E-state index is 12.5. The molecular formula is C14H23N3O5S2. The molecule has 10 heteroatoms. The summed E-state index contributed by atoms with van der Waals surface area (Å²) < 4.78 is 55.9. The smallest absolute Gasteiger partial charge is 0.244 e. The summed E-state index contributed by atoms with van der Waals surface area (Å²) in [6.45, 7) is 4.35. The second kappa shape index (κ2) is 7.79. The van der Waals surface area contributed by atoms with Gasteiger partial charge in [0.2, 0.25) is 10.0 Å². The number of rotatable bonds is 7. The molecule has 24 heavy (non-hydrogen) atoms. The van der Waals surface area contributed by atoms with Crippen LogP contribution in [0.1, 0.15) is 0 Å². The highest BCUT2D eigenvalue weighted by molar-refractivity contribution is 7.91. The van der Waals surface area contributed by atoms with Gasteiger partial charge >= 0.3 is 0 Å². The molecule has 0 aromatic heterocycles. The van der Waals surface area contributed by atoms with Gasteiger partial charge in [0, 0.05) is 45.5 Å². The van der Waals surface area contributed by atoms with E-state index in [1.165, 1.54) is 19.2 Å². The highest BCUT2D eigenvalue weighted by atomic mass is 32.2. The summed E-state index contributed by atoms with van der Waals surface area (Å²) in [5.74, 6) is 0.108. The minimum Gasteiger partial charge on any atom is -0.495 e. The standard InChI is InChI=1S/C14H23N3O5S2/c1-22-13-4-3-12(23(2,18)19)11-14(13)24(20,21)16-7-10-17-8-5-15-6-9-17/h3-4,11,15-16H,5-10H2,1-2H3. The number of piperazine rings is 1. The summed E-state index contributed by atoms with van der Waals surface area (Å²) in [4.78, 5) is 1.92. The number of hydrogen-bond donors (Lipinski definition) is 2. The Morgan fingerprint density at radius 3 is 2.46 bits per heavy atom. The number of sulfonamides is 1. The van der Waals surface area contributed by atoms with Gasteiger partial charge in [-0.2, -0.15) is 0 Å². The first-order chi connectivity index (χ1) is 11.2. The Hall–Kier alpha value is -1.20. The zero-order chi connectivity index (χ0) is 17.8. The van der Waals surface area contributed by atoms with Crippen LogP contribution in [0.2, 0.25) is 0 Å². The molecule has 0 amide bonds. The Morgan fingerprint density at radius 2 is 1.88 bits per heavy atom. The molecule has 1 saturated heterocycles. The number of nitrogens with zero attached hydrogens (tertiary/aromatic N) is 1.